The first-order chi connectivity index (χ1) is 11.6. The summed E-state index contributed by atoms with van der Waals surface area (Å²) in [5.41, 5.74) is 0.873. The van der Waals surface area contributed by atoms with Crippen LogP contribution in [0.2, 0.25) is 0 Å². The normalized spacial score (nSPS) is 21.8. The molecule has 2 aliphatic heterocycles. The van der Waals surface area contributed by atoms with Gasteiger partial charge in [-0.05, 0) is 25.6 Å². The Bertz CT molecular complexity index is 616. The number of piperazine rings is 1. The maximum absolute atomic E-state index is 12.8. The molecule has 0 radical (unpaired) electrons. The average molecular weight is 348 g/mol. The second kappa shape index (κ2) is 7.53. The van der Waals surface area contributed by atoms with Crippen LogP contribution in [-0.4, -0.2) is 71.6 Å². The fourth-order valence-corrected chi connectivity index (χ4v) is 4.23. The SMILES string of the molecule is CCCN1C(=O)[C@@H](CC(=O)N2CCN(C)CC2)Sc2ncccc21. The van der Waals surface area contributed by atoms with Crippen molar-refractivity contribution in [3.8, 4) is 0 Å². The van der Waals surface area contributed by atoms with E-state index in [2.05, 4.69) is 23.9 Å². The molecule has 0 unspecified atom stereocenters. The number of pyridine rings is 1. The van der Waals surface area contributed by atoms with Crippen LogP contribution in [0.15, 0.2) is 23.4 Å². The zero-order chi connectivity index (χ0) is 17.1. The Balaban J connectivity index is 1.72. The van der Waals surface area contributed by atoms with Gasteiger partial charge in [-0.2, -0.15) is 0 Å². The molecular weight excluding hydrogens is 324 g/mol. The van der Waals surface area contributed by atoms with Gasteiger partial charge in [0.15, 0.2) is 0 Å². The summed E-state index contributed by atoms with van der Waals surface area (Å²) in [5.74, 6) is 0.106. The fourth-order valence-electron chi connectivity index (χ4n) is 3.08. The molecule has 0 spiro atoms. The molecule has 2 aliphatic rings. The fraction of sp³-hybridized carbons (Fsp3) is 0.588. The van der Waals surface area contributed by atoms with Crippen LogP contribution in [-0.2, 0) is 9.59 Å². The molecule has 24 heavy (non-hydrogen) atoms. The topological polar surface area (TPSA) is 56.8 Å². The summed E-state index contributed by atoms with van der Waals surface area (Å²) in [7, 11) is 2.06. The molecule has 0 N–H and O–H groups in total. The van der Waals surface area contributed by atoms with E-state index in [-0.39, 0.29) is 23.5 Å². The summed E-state index contributed by atoms with van der Waals surface area (Å²) in [6.45, 7) is 5.99. The maximum Gasteiger partial charge on any atom is 0.241 e. The summed E-state index contributed by atoms with van der Waals surface area (Å²) < 4.78 is 0. The first-order valence-electron chi connectivity index (χ1n) is 8.49. The smallest absolute Gasteiger partial charge is 0.241 e. The molecule has 0 saturated carbocycles. The van der Waals surface area contributed by atoms with Crippen molar-refractivity contribution in [2.45, 2.75) is 30.0 Å². The third kappa shape index (κ3) is 3.57. The minimum absolute atomic E-state index is 0.0322. The third-order valence-electron chi connectivity index (χ3n) is 4.50. The third-order valence-corrected chi connectivity index (χ3v) is 5.69. The highest BCUT2D eigenvalue weighted by atomic mass is 32.2. The zero-order valence-corrected chi connectivity index (χ0v) is 15.1. The van der Waals surface area contributed by atoms with E-state index in [4.69, 9.17) is 0 Å². The van der Waals surface area contributed by atoms with E-state index in [1.807, 2.05) is 17.0 Å². The minimum atomic E-state index is -0.369. The van der Waals surface area contributed by atoms with Crippen molar-refractivity contribution < 1.29 is 9.59 Å². The van der Waals surface area contributed by atoms with Gasteiger partial charge in [0.2, 0.25) is 11.8 Å². The molecular formula is C17H24N4O2S. The highest BCUT2D eigenvalue weighted by Crippen LogP contribution is 2.38. The number of thioether (sulfide) groups is 1. The van der Waals surface area contributed by atoms with E-state index >= 15 is 0 Å². The van der Waals surface area contributed by atoms with Gasteiger partial charge in [0, 0.05) is 45.3 Å². The van der Waals surface area contributed by atoms with Crippen molar-refractivity contribution >= 4 is 29.3 Å². The molecule has 0 bridgehead atoms. The summed E-state index contributed by atoms with van der Waals surface area (Å²) in [6.07, 6.45) is 2.87. The highest BCUT2D eigenvalue weighted by molar-refractivity contribution is 8.00. The van der Waals surface area contributed by atoms with Crippen molar-refractivity contribution in [2.24, 2.45) is 0 Å². The standard InChI is InChI=1S/C17H24N4O2S/c1-3-7-21-13-5-4-6-18-16(13)24-14(17(21)23)12-15(22)20-10-8-19(2)9-11-20/h4-6,14H,3,7-12H2,1-2H3/t14-/m1/s1. The Hall–Kier alpha value is -1.60. The molecule has 130 valence electrons. The number of hydrogen-bond acceptors (Lipinski definition) is 5. The van der Waals surface area contributed by atoms with Crippen LogP contribution >= 0.6 is 11.8 Å². The lowest BCUT2D eigenvalue weighted by molar-refractivity contribution is -0.134. The van der Waals surface area contributed by atoms with Gasteiger partial charge in [0.1, 0.15) is 5.03 Å². The molecule has 3 heterocycles. The van der Waals surface area contributed by atoms with E-state index in [0.29, 0.717) is 6.54 Å². The summed E-state index contributed by atoms with van der Waals surface area (Å²) in [4.78, 5) is 35.7. The lowest BCUT2D eigenvalue weighted by Gasteiger charge is -2.35. The van der Waals surface area contributed by atoms with Crippen molar-refractivity contribution in [1.29, 1.82) is 0 Å². The maximum atomic E-state index is 12.8. The molecule has 3 rings (SSSR count). The molecule has 6 nitrogen and oxygen atoms in total. The Morgan fingerprint density at radius 3 is 2.79 bits per heavy atom. The summed E-state index contributed by atoms with van der Waals surface area (Å²) >= 11 is 1.43. The second-order valence-corrected chi connectivity index (χ2v) is 7.50. The number of carbonyl (C=O) groups excluding carboxylic acids is 2. The number of hydrogen-bond donors (Lipinski definition) is 0. The van der Waals surface area contributed by atoms with Gasteiger partial charge in [0.05, 0.1) is 10.9 Å². The van der Waals surface area contributed by atoms with Crippen molar-refractivity contribution in [1.82, 2.24) is 14.8 Å². The quantitative estimate of drug-likeness (QED) is 0.825. The van der Waals surface area contributed by atoms with Gasteiger partial charge in [-0.1, -0.05) is 18.7 Å². The number of anilines is 1. The molecule has 1 saturated heterocycles. The molecule has 1 aromatic rings. The van der Waals surface area contributed by atoms with Crippen molar-refractivity contribution in [2.75, 3.05) is 44.7 Å². The molecule has 1 atom stereocenters. The number of nitrogens with zero attached hydrogens (tertiary/aromatic N) is 4. The van der Waals surface area contributed by atoms with Crippen LogP contribution in [0.1, 0.15) is 19.8 Å². The lowest BCUT2D eigenvalue weighted by atomic mass is 10.2. The van der Waals surface area contributed by atoms with Gasteiger partial charge < -0.3 is 14.7 Å². The van der Waals surface area contributed by atoms with Crippen LogP contribution in [0.4, 0.5) is 5.69 Å². The molecule has 0 aromatic carbocycles. The van der Waals surface area contributed by atoms with Gasteiger partial charge in [-0.25, -0.2) is 4.98 Å². The number of likely N-dealkylation sites (N-methyl/N-ethyl adjacent to an activating group) is 1. The highest BCUT2D eigenvalue weighted by Gasteiger charge is 2.36. The second-order valence-electron chi connectivity index (χ2n) is 6.31. The van der Waals surface area contributed by atoms with Crippen LogP contribution in [0.3, 0.4) is 0 Å². The Labute approximate surface area is 147 Å². The Kier molecular flexibility index (Phi) is 5.40. The summed E-state index contributed by atoms with van der Waals surface area (Å²) in [5, 5.41) is 0.479. The Morgan fingerprint density at radius 2 is 2.08 bits per heavy atom. The van der Waals surface area contributed by atoms with Crippen LogP contribution in [0, 0.1) is 0 Å². The van der Waals surface area contributed by atoms with Crippen LogP contribution in [0.5, 0.6) is 0 Å². The Morgan fingerprint density at radius 1 is 1.33 bits per heavy atom. The van der Waals surface area contributed by atoms with E-state index < -0.39 is 0 Å². The van der Waals surface area contributed by atoms with Gasteiger partial charge >= 0.3 is 0 Å². The number of carbonyl (C=O) groups is 2. The lowest BCUT2D eigenvalue weighted by Crippen LogP contribution is -2.49. The molecule has 1 aromatic heterocycles. The monoisotopic (exact) mass is 348 g/mol. The number of aromatic nitrogens is 1. The largest absolute Gasteiger partial charge is 0.340 e. The van der Waals surface area contributed by atoms with Crippen LogP contribution < -0.4 is 4.90 Å². The first-order valence-corrected chi connectivity index (χ1v) is 9.37. The number of amides is 2. The average Bonchev–Trinajstić information content (AvgIpc) is 2.59. The van der Waals surface area contributed by atoms with E-state index in [9.17, 15) is 9.59 Å². The number of fused-ring (bicyclic) bond motifs is 1. The van der Waals surface area contributed by atoms with Gasteiger partial charge in [-0.15, -0.1) is 0 Å². The molecule has 2 amide bonds. The molecule has 1 fully saturated rings. The van der Waals surface area contributed by atoms with E-state index in [0.717, 1.165) is 43.3 Å². The zero-order valence-electron chi connectivity index (χ0n) is 14.3. The summed E-state index contributed by atoms with van der Waals surface area (Å²) in [6, 6.07) is 3.78. The van der Waals surface area contributed by atoms with E-state index in [1.54, 1.807) is 11.1 Å². The van der Waals surface area contributed by atoms with Crippen LogP contribution in [0.25, 0.3) is 0 Å². The molecule has 0 aliphatic carbocycles. The van der Waals surface area contributed by atoms with Crippen molar-refractivity contribution in [3.63, 3.8) is 0 Å². The minimum Gasteiger partial charge on any atom is -0.340 e. The predicted molar refractivity (Wildman–Crippen MR) is 95.2 cm³/mol. The van der Waals surface area contributed by atoms with Crippen molar-refractivity contribution in [3.05, 3.63) is 18.3 Å². The van der Waals surface area contributed by atoms with Gasteiger partial charge in [-0.3, -0.25) is 9.59 Å². The van der Waals surface area contributed by atoms with E-state index in [1.165, 1.54) is 11.8 Å². The predicted octanol–water partition coefficient (Wildman–Crippen LogP) is 1.46. The van der Waals surface area contributed by atoms with Gasteiger partial charge in [0.25, 0.3) is 0 Å². The number of rotatable bonds is 4. The molecule has 7 heteroatoms. The first kappa shape index (κ1) is 17.2.